The van der Waals surface area contributed by atoms with Crippen molar-refractivity contribution in [3.05, 3.63) is 112 Å². The van der Waals surface area contributed by atoms with Crippen LogP contribution in [0.2, 0.25) is 0 Å². The zero-order valence-corrected chi connectivity index (χ0v) is 20.6. The fourth-order valence-electron chi connectivity index (χ4n) is 4.69. The van der Waals surface area contributed by atoms with Gasteiger partial charge in [-0.25, -0.2) is 0 Å². The highest BCUT2D eigenvalue weighted by molar-refractivity contribution is 8.18. The van der Waals surface area contributed by atoms with Crippen molar-refractivity contribution in [3.8, 4) is 0 Å². The Morgan fingerprint density at radius 2 is 1.57 bits per heavy atom. The Hall–Kier alpha value is -3.57. The SMILES string of the molecule is CCc1cccc2c(/C=C3\SC(=O)N(CCCc4ccccc4)C3=O)cn(Cc3ccccc3)c12. The Labute approximate surface area is 210 Å². The van der Waals surface area contributed by atoms with Gasteiger partial charge < -0.3 is 4.57 Å². The van der Waals surface area contributed by atoms with Crippen LogP contribution in [0.3, 0.4) is 0 Å². The highest BCUT2D eigenvalue weighted by Crippen LogP contribution is 2.35. The zero-order valence-electron chi connectivity index (χ0n) is 19.8. The molecule has 0 saturated carbocycles. The van der Waals surface area contributed by atoms with E-state index in [-0.39, 0.29) is 11.1 Å². The minimum Gasteiger partial charge on any atom is -0.342 e. The van der Waals surface area contributed by atoms with Crippen molar-refractivity contribution in [2.75, 3.05) is 6.54 Å². The van der Waals surface area contributed by atoms with Gasteiger partial charge in [-0.1, -0.05) is 85.8 Å². The predicted octanol–water partition coefficient (Wildman–Crippen LogP) is 6.92. The van der Waals surface area contributed by atoms with E-state index >= 15 is 0 Å². The molecule has 35 heavy (non-hydrogen) atoms. The van der Waals surface area contributed by atoms with E-state index in [1.807, 2.05) is 30.3 Å². The fraction of sp³-hybridized carbons (Fsp3) is 0.200. The summed E-state index contributed by atoms with van der Waals surface area (Å²) in [7, 11) is 0. The first-order chi connectivity index (χ1) is 17.1. The number of rotatable bonds is 8. The summed E-state index contributed by atoms with van der Waals surface area (Å²) in [6, 6.07) is 26.9. The molecular weight excluding hydrogens is 452 g/mol. The van der Waals surface area contributed by atoms with Crippen LogP contribution in [0.1, 0.15) is 35.6 Å². The highest BCUT2D eigenvalue weighted by atomic mass is 32.2. The fourth-order valence-corrected chi connectivity index (χ4v) is 5.55. The van der Waals surface area contributed by atoms with Crippen LogP contribution in [0, 0.1) is 0 Å². The van der Waals surface area contributed by atoms with Gasteiger partial charge in [-0.05, 0) is 53.8 Å². The lowest BCUT2D eigenvalue weighted by atomic mass is 10.1. The lowest BCUT2D eigenvalue weighted by Gasteiger charge is -2.12. The number of aromatic nitrogens is 1. The number of carbonyl (C=O) groups is 2. The average Bonchev–Trinajstić information content (AvgIpc) is 3.37. The van der Waals surface area contributed by atoms with Crippen molar-refractivity contribution in [2.24, 2.45) is 0 Å². The average molecular weight is 481 g/mol. The largest absolute Gasteiger partial charge is 0.342 e. The molecule has 5 rings (SSSR count). The van der Waals surface area contributed by atoms with E-state index in [2.05, 4.69) is 72.3 Å². The van der Waals surface area contributed by atoms with Crippen molar-refractivity contribution < 1.29 is 9.59 Å². The lowest BCUT2D eigenvalue weighted by Crippen LogP contribution is -2.29. The van der Waals surface area contributed by atoms with Gasteiger partial charge in [0, 0.05) is 30.2 Å². The lowest BCUT2D eigenvalue weighted by molar-refractivity contribution is -0.122. The van der Waals surface area contributed by atoms with Crippen molar-refractivity contribution in [1.29, 1.82) is 0 Å². The molecule has 0 spiro atoms. The normalized spacial score (nSPS) is 15.0. The molecule has 1 aromatic heterocycles. The number of amides is 2. The molecule has 4 aromatic rings. The van der Waals surface area contributed by atoms with Crippen molar-refractivity contribution in [2.45, 2.75) is 32.7 Å². The first-order valence-electron chi connectivity index (χ1n) is 12.1. The molecule has 4 nitrogen and oxygen atoms in total. The number of thioether (sulfide) groups is 1. The first-order valence-corrected chi connectivity index (χ1v) is 12.9. The molecule has 1 saturated heterocycles. The van der Waals surface area contributed by atoms with E-state index in [0.29, 0.717) is 11.4 Å². The van der Waals surface area contributed by atoms with E-state index in [1.54, 1.807) is 0 Å². The highest BCUT2D eigenvalue weighted by Gasteiger charge is 2.34. The molecule has 5 heteroatoms. The van der Waals surface area contributed by atoms with Gasteiger partial charge in [0.2, 0.25) is 0 Å². The molecule has 176 valence electrons. The van der Waals surface area contributed by atoms with Crippen LogP contribution in [-0.2, 0) is 24.2 Å². The van der Waals surface area contributed by atoms with Crippen molar-refractivity contribution >= 4 is 39.9 Å². The second-order valence-corrected chi connectivity index (χ2v) is 9.78. The Kier molecular flexibility index (Phi) is 6.87. The minimum absolute atomic E-state index is 0.184. The number of hydrogen-bond donors (Lipinski definition) is 0. The number of hydrogen-bond acceptors (Lipinski definition) is 3. The monoisotopic (exact) mass is 480 g/mol. The quantitative estimate of drug-likeness (QED) is 0.257. The summed E-state index contributed by atoms with van der Waals surface area (Å²) in [6.45, 7) is 3.35. The van der Waals surface area contributed by atoms with E-state index in [0.717, 1.165) is 48.5 Å². The van der Waals surface area contributed by atoms with E-state index in [1.165, 1.54) is 27.1 Å². The van der Waals surface area contributed by atoms with Crippen LogP contribution in [0.5, 0.6) is 0 Å². The maximum absolute atomic E-state index is 13.1. The second kappa shape index (κ2) is 10.4. The van der Waals surface area contributed by atoms with Gasteiger partial charge in [0.1, 0.15) is 0 Å². The number of benzene rings is 3. The molecule has 1 fully saturated rings. The number of nitrogens with zero attached hydrogens (tertiary/aromatic N) is 2. The van der Waals surface area contributed by atoms with Gasteiger partial charge in [0.15, 0.2) is 0 Å². The standard InChI is InChI=1S/C30H28N2O2S/c1-2-24-16-9-17-26-25(21-31(28(24)26)20-23-13-7-4-8-14-23)19-27-29(33)32(30(34)35-27)18-10-15-22-11-5-3-6-12-22/h3-9,11-14,16-17,19,21H,2,10,15,18,20H2,1H3/b27-19-. The molecule has 2 amide bonds. The van der Waals surface area contributed by atoms with Gasteiger partial charge in [0.05, 0.1) is 10.4 Å². The summed E-state index contributed by atoms with van der Waals surface area (Å²) in [4.78, 5) is 27.7. The molecule has 1 aliphatic heterocycles. The number of fused-ring (bicyclic) bond motifs is 1. The molecule has 1 aliphatic rings. The minimum atomic E-state index is -0.191. The predicted molar refractivity (Wildman–Crippen MR) is 144 cm³/mol. The van der Waals surface area contributed by atoms with Crippen LogP contribution < -0.4 is 0 Å². The van der Waals surface area contributed by atoms with Gasteiger partial charge in [0.25, 0.3) is 11.1 Å². The van der Waals surface area contributed by atoms with Crippen LogP contribution in [0.15, 0.2) is 90.0 Å². The molecule has 0 radical (unpaired) electrons. The summed E-state index contributed by atoms with van der Waals surface area (Å²) in [6.07, 6.45) is 6.53. The number of carbonyl (C=O) groups excluding carboxylic acids is 2. The van der Waals surface area contributed by atoms with E-state index in [4.69, 9.17) is 0 Å². The van der Waals surface area contributed by atoms with Gasteiger partial charge in [-0.15, -0.1) is 0 Å². The van der Waals surface area contributed by atoms with Crippen LogP contribution in [0.4, 0.5) is 4.79 Å². The molecule has 0 bridgehead atoms. The molecule has 0 atom stereocenters. The van der Waals surface area contributed by atoms with E-state index < -0.39 is 0 Å². The third-order valence-corrected chi connectivity index (χ3v) is 7.35. The molecular formula is C30H28N2O2S. The molecule has 0 unspecified atom stereocenters. The smallest absolute Gasteiger partial charge is 0.293 e. The number of imide groups is 1. The van der Waals surface area contributed by atoms with Crippen molar-refractivity contribution in [1.82, 2.24) is 9.47 Å². The summed E-state index contributed by atoms with van der Waals surface area (Å²) in [5, 5.41) is 0.924. The summed E-state index contributed by atoms with van der Waals surface area (Å²) >= 11 is 1.04. The molecule has 0 aliphatic carbocycles. The Morgan fingerprint density at radius 1 is 0.857 bits per heavy atom. The van der Waals surface area contributed by atoms with E-state index in [9.17, 15) is 9.59 Å². The van der Waals surface area contributed by atoms with Gasteiger partial charge >= 0.3 is 0 Å². The van der Waals surface area contributed by atoms with Crippen molar-refractivity contribution in [3.63, 3.8) is 0 Å². The first kappa shape index (κ1) is 23.2. The summed E-state index contributed by atoms with van der Waals surface area (Å²) < 4.78 is 2.26. The summed E-state index contributed by atoms with van der Waals surface area (Å²) in [5.74, 6) is -0.191. The topological polar surface area (TPSA) is 42.3 Å². The Balaban J connectivity index is 1.41. The third-order valence-electron chi connectivity index (χ3n) is 6.44. The summed E-state index contributed by atoms with van der Waals surface area (Å²) in [5.41, 5.74) is 5.87. The maximum Gasteiger partial charge on any atom is 0.293 e. The maximum atomic E-state index is 13.1. The van der Waals surface area contributed by atoms with Crippen LogP contribution in [-0.4, -0.2) is 27.2 Å². The van der Waals surface area contributed by atoms with Gasteiger partial charge in [-0.3, -0.25) is 14.5 Å². The third kappa shape index (κ3) is 4.96. The number of para-hydroxylation sites is 1. The molecule has 0 N–H and O–H groups in total. The van der Waals surface area contributed by atoms with Gasteiger partial charge in [-0.2, -0.15) is 0 Å². The molecule has 3 aromatic carbocycles. The molecule has 2 heterocycles. The number of aryl methyl sites for hydroxylation is 2. The zero-order chi connectivity index (χ0) is 24.2. The van der Waals surface area contributed by atoms with Crippen LogP contribution >= 0.6 is 11.8 Å². The van der Waals surface area contributed by atoms with Crippen LogP contribution in [0.25, 0.3) is 17.0 Å². The Bertz CT molecular complexity index is 1390. The Morgan fingerprint density at radius 3 is 2.29 bits per heavy atom. The second-order valence-electron chi connectivity index (χ2n) is 8.79.